The van der Waals surface area contributed by atoms with Gasteiger partial charge in [-0.3, -0.25) is 0 Å². The Labute approximate surface area is 102 Å². The third-order valence-electron chi connectivity index (χ3n) is 2.94. The Morgan fingerprint density at radius 3 is 2.71 bits per heavy atom. The van der Waals surface area contributed by atoms with E-state index in [9.17, 15) is 4.57 Å². The predicted octanol–water partition coefficient (Wildman–Crippen LogP) is 2.32. The third kappa shape index (κ3) is 2.80. The number of hydrogen-bond donors (Lipinski definition) is 1. The molecule has 0 atom stereocenters. The number of anilines is 1. The quantitative estimate of drug-likeness (QED) is 0.648. The summed E-state index contributed by atoms with van der Waals surface area (Å²) in [6.45, 7) is 4.91. The van der Waals surface area contributed by atoms with E-state index in [0.717, 1.165) is 23.9 Å². The number of hydrogen-bond acceptors (Lipinski definition) is 3. The summed E-state index contributed by atoms with van der Waals surface area (Å²) < 4.78 is 17.4. The van der Waals surface area contributed by atoms with Crippen LogP contribution in [0.15, 0.2) is 24.3 Å². The highest BCUT2D eigenvalue weighted by Crippen LogP contribution is 2.38. The minimum absolute atomic E-state index is 0.620. The lowest BCUT2D eigenvalue weighted by Gasteiger charge is -2.17. The molecule has 1 aromatic rings. The zero-order valence-corrected chi connectivity index (χ0v) is 11.2. The van der Waals surface area contributed by atoms with Crippen LogP contribution in [0.3, 0.4) is 0 Å². The number of nitrogens with two attached hydrogens (primary N) is 1. The third-order valence-corrected chi connectivity index (χ3v) is 4.49. The minimum atomic E-state index is -2.32. The summed E-state index contributed by atoms with van der Waals surface area (Å²) in [5, 5.41) is 0.780. The topological polar surface area (TPSA) is 52.3 Å². The number of ether oxygens (including phenoxy) is 1. The highest BCUT2D eigenvalue weighted by molar-refractivity contribution is 7.70. The first kappa shape index (κ1) is 12.4. The summed E-state index contributed by atoms with van der Waals surface area (Å²) in [5.74, 6) is 0. The monoisotopic (exact) mass is 251 g/mol. The lowest BCUT2D eigenvalue weighted by Crippen LogP contribution is -2.12. The van der Waals surface area contributed by atoms with Crippen molar-refractivity contribution >= 4 is 23.7 Å². The van der Waals surface area contributed by atoms with Gasteiger partial charge in [0.15, 0.2) is 0 Å². The van der Waals surface area contributed by atoms with Gasteiger partial charge >= 0.3 is 0 Å². The molecule has 2 rings (SSSR count). The van der Waals surface area contributed by atoms with Crippen LogP contribution in [0.4, 0.5) is 5.69 Å². The van der Waals surface area contributed by atoms with Crippen molar-refractivity contribution in [2.24, 2.45) is 0 Å². The van der Waals surface area contributed by atoms with E-state index in [-0.39, 0.29) is 0 Å². The van der Waals surface area contributed by atoms with Crippen LogP contribution in [0.2, 0.25) is 0 Å². The zero-order chi connectivity index (χ0) is 12.5. The van der Waals surface area contributed by atoms with Crippen LogP contribution in [-0.2, 0) is 9.30 Å². The number of rotatable bonds is 2. The van der Waals surface area contributed by atoms with Crippen LogP contribution in [0.5, 0.6) is 0 Å². The van der Waals surface area contributed by atoms with E-state index in [1.165, 1.54) is 5.57 Å². The Morgan fingerprint density at radius 1 is 1.35 bits per heavy atom. The molecule has 0 saturated heterocycles. The van der Waals surface area contributed by atoms with Crippen LogP contribution < -0.4 is 11.0 Å². The molecule has 1 aliphatic rings. The van der Waals surface area contributed by atoms with Gasteiger partial charge in [-0.2, -0.15) is 0 Å². The lowest BCUT2D eigenvalue weighted by atomic mass is 10.0. The van der Waals surface area contributed by atoms with Crippen molar-refractivity contribution in [1.82, 2.24) is 0 Å². The van der Waals surface area contributed by atoms with Crippen molar-refractivity contribution in [3.63, 3.8) is 0 Å². The Morgan fingerprint density at radius 2 is 2.12 bits per heavy atom. The van der Waals surface area contributed by atoms with Gasteiger partial charge in [0.1, 0.15) is 7.14 Å². The number of benzene rings is 1. The van der Waals surface area contributed by atoms with Crippen molar-refractivity contribution < 1.29 is 9.30 Å². The molecule has 0 unspecified atom stereocenters. The normalized spacial score (nSPS) is 16.7. The molecule has 0 radical (unpaired) electrons. The molecule has 92 valence electrons. The van der Waals surface area contributed by atoms with E-state index in [2.05, 4.69) is 6.08 Å². The molecule has 3 nitrogen and oxygen atoms in total. The molecule has 0 saturated carbocycles. The fourth-order valence-electron chi connectivity index (χ4n) is 2.00. The summed E-state index contributed by atoms with van der Waals surface area (Å²) in [6, 6.07) is 5.81. The molecule has 1 aliphatic heterocycles. The molecule has 0 aromatic heterocycles. The Balaban J connectivity index is 2.44. The highest BCUT2D eigenvalue weighted by atomic mass is 31.2. The van der Waals surface area contributed by atoms with E-state index in [0.29, 0.717) is 12.3 Å². The largest absolute Gasteiger partial charge is 0.398 e. The molecular formula is C13H18NO2P. The zero-order valence-electron chi connectivity index (χ0n) is 10.3. The maximum Gasteiger partial charge on any atom is 0.111 e. The molecule has 0 aliphatic carbocycles. The lowest BCUT2D eigenvalue weighted by molar-refractivity contribution is 0.161. The van der Waals surface area contributed by atoms with Crippen molar-refractivity contribution in [3.8, 4) is 0 Å². The summed E-state index contributed by atoms with van der Waals surface area (Å²) in [6.07, 6.45) is 2.98. The average molecular weight is 251 g/mol. The van der Waals surface area contributed by atoms with Gasteiger partial charge in [-0.25, -0.2) is 0 Å². The minimum Gasteiger partial charge on any atom is -0.398 e. The predicted molar refractivity (Wildman–Crippen MR) is 73.4 cm³/mol. The summed E-state index contributed by atoms with van der Waals surface area (Å²) in [5.41, 5.74) is 8.88. The van der Waals surface area contributed by atoms with Gasteiger partial charge < -0.3 is 15.0 Å². The first-order valence-electron chi connectivity index (χ1n) is 5.71. The first-order valence-corrected chi connectivity index (χ1v) is 8.31. The van der Waals surface area contributed by atoms with Gasteiger partial charge in [0.2, 0.25) is 0 Å². The second-order valence-corrected chi connectivity index (χ2v) is 7.86. The summed E-state index contributed by atoms with van der Waals surface area (Å²) >= 11 is 0. The average Bonchev–Trinajstić information content (AvgIpc) is 2.29. The Kier molecular flexibility index (Phi) is 3.41. The molecule has 2 N–H and O–H groups in total. The van der Waals surface area contributed by atoms with Crippen LogP contribution in [0.25, 0.3) is 5.57 Å². The Hall–Kier alpha value is -1.05. The Bertz CT molecular complexity index is 502. The maximum absolute atomic E-state index is 12.1. The second-order valence-electron chi connectivity index (χ2n) is 4.68. The van der Waals surface area contributed by atoms with Crippen LogP contribution in [0.1, 0.15) is 12.0 Å². The summed E-state index contributed by atoms with van der Waals surface area (Å²) in [7, 11) is -2.32. The standard InChI is InChI=1S/C13H18NO2P/c1-17(2,15)13-9-11(3-4-12(13)14)10-5-7-16-8-6-10/h3-5,9H,6-8,14H2,1-2H3. The van der Waals surface area contributed by atoms with Crippen molar-refractivity contribution in [1.29, 1.82) is 0 Å². The first-order chi connectivity index (χ1) is 7.98. The molecule has 0 bridgehead atoms. The van der Waals surface area contributed by atoms with Gasteiger partial charge in [0.25, 0.3) is 0 Å². The van der Waals surface area contributed by atoms with Crippen molar-refractivity contribution in [3.05, 3.63) is 29.8 Å². The van der Waals surface area contributed by atoms with Crippen LogP contribution in [-0.4, -0.2) is 26.5 Å². The van der Waals surface area contributed by atoms with E-state index < -0.39 is 7.14 Å². The second kappa shape index (κ2) is 4.67. The van der Waals surface area contributed by atoms with Gasteiger partial charge in [-0.05, 0) is 43.0 Å². The van der Waals surface area contributed by atoms with Gasteiger partial charge in [-0.15, -0.1) is 0 Å². The van der Waals surface area contributed by atoms with Gasteiger partial charge in [-0.1, -0.05) is 12.1 Å². The van der Waals surface area contributed by atoms with Crippen LogP contribution in [0, 0.1) is 0 Å². The molecule has 17 heavy (non-hydrogen) atoms. The van der Waals surface area contributed by atoms with E-state index in [1.807, 2.05) is 18.2 Å². The molecule has 4 heteroatoms. The van der Waals surface area contributed by atoms with Crippen LogP contribution >= 0.6 is 7.14 Å². The highest BCUT2D eigenvalue weighted by Gasteiger charge is 2.16. The van der Waals surface area contributed by atoms with E-state index in [4.69, 9.17) is 10.5 Å². The number of nitrogen functional groups attached to an aromatic ring is 1. The molecular weight excluding hydrogens is 233 g/mol. The van der Waals surface area contributed by atoms with Crippen molar-refractivity contribution in [2.45, 2.75) is 6.42 Å². The molecule has 1 heterocycles. The van der Waals surface area contributed by atoms with E-state index in [1.54, 1.807) is 13.3 Å². The molecule has 0 amide bonds. The SMILES string of the molecule is CP(C)(=O)c1cc(C2=CCOCC2)ccc1N. The molecule has 1 aromatic carbocycles. The van der Waals surface area contributed by atoms with Gasteiger partial charge in [0.05, 0.1) is 13.2 Å². The molecule has 0 fully saturated rings. The molecule has 0 spiro atoms. The maximum atomic E-state index is 12.1. The van der Waals surface area contributed by atoms with Gasteiger partial charge in [0, 0.05) is 11.0 Å². The fraction of sp³-hybridized carbons (Fsp3) is 0.385. The van der Waals surface area contributed by atoms with E-state index >= 15 is 0 Å². The fourth-order valence-corrected chi connectivity index (χ4v) is 3.15. The summed E-state index contributed by atoms with van der Waals surface area (Å²) in [4.78, 5) is 0. The smallest absolute Gasteiger partial charge is 0.111 e. The van der Waals surface area contributed by atoms with Crippen molar-refractivity contribution in [2.75, 3.05) is 32.3 Å².